The first-order chi connectivity index (χ1) is 10.2. The van der Waals surface area contributed by atoms with E-state index in [4.69, 9.17) is 0 Å². The van der Waals surface area contributed by atoms with E-state index in [9.17, 15) is 0 Å². The van der Waals surface area contributed by atoms with Gasteiger partial charge in [-0.1, -0.05) is 34.1 Å². The Kier molecular flexibility index (Phi) is 18.3. The zero-order valence-corrected chi connectivity index (χ0v) is 14.9. The van der Waals surface area contributed by atoms with Gasteiger partial charge in [0.05, 0.1) is 0 Å². The monoisotopic (exact) mass is 329 g/mol. The van der Waals surface area contributed by atoms with Crippen molar-refractivity contribution in [2.75, 3.05) is 60.4 Å². The first-order valence-electron chi connectivity index (χ1n) is 9.24. The molecule has 0 aromatic heterocycles. The predicted molar refractivity (Wildman–Crippen MR) is 108 cm³/mol. The summed E-state index contributed by atoms with van der Waals surface area (Å²) < 4.78 is 0. The number of piperidine rings is 3. The Morgan fingerprint density at radius 1 is 0.348 bits per heavy atom. The van der Waals surface area contributed by atoms with E-state index < -0.39 is 0 Å². The molecule has 0 unspecified atom stereocenters. The fraction of sp³-hybridized carbons (Fsp3) is 1.00. The average molecular weight is 330 g/mol. The Bertz CT molecular complexity index is 177. The largest absolute Gasteiger partial charge is 0.306 e. The van der Waals surface area contributed by atoms with Crippen LogP contribution in [0.25, 0.3) is 0 Å². The van der Waals surface area contributed by atoms with Crippen molar-refractivity contribution < 1.29 is 0 Å². The third-order valence-corrected chi connectivity index (χ3v) is 4.74. The van der Waals surface area contributed by atoms with E-state index in [0.717, 1.165) is 0 Å². The van der Waals surface area contributed by atoms with E-state index >= 15 is 0 Å². The maximum atomic E-state index is 2.39. The molecule has 23 heavy (non-hydrogen) atoms. The number of nitrogens with zero attached hydrogens (tertiary/aromatic N) is 3. The summed E-state index contributed by atoms with van der Waals surface area (Å²) >= 11 is 0. The highest BCUT2D eigenvalue weighted by Gasteiger charge is 2.03. The van der Waals surface area contributed by atoms with Crippen molar-refractivity contribution >= 4 is 0 Å². The Balaban J connectivity index is 0. The smallest absolute Gasteiger partial charge is 0.00218 e. The molecule has 0 aromatic rings. The molecule has 0 N–H and O–H groups in total. The SMILES string of the molecule is C.C.CN1CCCCC1.CN1CCCCC1.CN1CCCCC1. The lowest BCUT2D eigenvalue weighted by Gasteiger charge is -2.20. The Labute approximate surface area is 148 Å². The van der Waals surface area contributed by atoms with E-state index in [1.54, 1.807) is 0 Å². The van der Waals surface area contributed by atoms with Crippen LogP contribution in [0.1, 0.15) is 72.6 Å². The van der Waals surface area contributed by atoms with Crippen molar-refractivity contribution in [1.82, 2.24) is 14.7 Å². The van der Waals surface area contributed by atoms with Crippen molar-refractivity contribution in [2.45, 2.75) is 72.6 Å². The second-order valence-electron chi connectivity index (χ2n) is 7.09. The van der Waals surface area contributed by atoms with Gasteiger partial charge in [0.1, 0.15) is 0 Å². The van der Waals surface area contributed by atoms with Crippen molar-refractivity contribution in [3.05, 3.63) is 0 Å². The molecule has 0 amide bonds. The van der Waals surface area contributed by atoms with Gasteiger partial charge in [-0.3, -0.25) is 0 Å². The van der Waals surface area contributed by atoms with Crippen LogP contribution in [0.3, 0.4) is 0 Å². The van der Waals surface area contributed by atoms with E-state index in [0.29, 0.717) is 0 Å². The molecular formula is C20H47N3. The minimum atomic E-state index is 0. The van der Waals surface area contributed by atoms with E-state index in [2.05, 4.69) is 35.8 Å². The highest BCUT2D eigenvalue weighted by atomic mass is 15.1. The van der Waals surface area contributed by atoms with E-state index in [-0.39, 0.29) is 14.9 Å². The van der Waals surface area contributed by atoms with Crippen LogP contribution in [0.4, 0.5) is 0 Å². The average Bonchev–Trinajstić information content (AvgIpc) is 2.51. The molecule has 0 aromatic carbocycles. The number of hydrogen-bond acceptors (Lipinski definition) is 3. The molecular weight excluding hydrogens is 282 g/mol. The highest BCUT2D eigenvalue weighted by Crippen LogP contribution is 2.05. The number of rotatable bonds is 0. The maximum Gasteiger partial charge on any atom is -0.00218 e. The summed E-state index contributed by atoms with van der Waals surface area (Å²) in [7, 11) is 6.58. The summed E-state index contributed by atoms with van der Waals surface area (Å²) in [5, 5.41) is 0. The van der Waals surface area contributed by atoms with Crippen LogP contribution in [0, 0.1) is 0 Å². The summed E-state index contributed by atoms with van der Waals surface area (Å²) in [5.74, 6) is 0. The molecule has 3 saturated heterocycles. The van der Waals surface area contributed by atoms with Gasteiger partial charge in [0.25, 0.3) is 0 Å². The van der Waals surface area contributed by atoms with Gasteiger partial charge in [0, 0.05) is 0 Å². The normalized spacial score (nSPS) is 23.1. The zero-order chi connectivity index (χ0) is 15.3. The van der Waals surface area contributed by atoms with Gasteiger partial charge in [-0.25, -0.2) is 0 Å². The molecule has 3 rings (SSSR count). The third-order valence-electron chi connectivity index (χ3n) is 4.74. The molecule has 3 aliphatic heterocycles. The van der Waals surface area contributed by atoms with Gasteiger partial charge in [-0.2, -0.15) is 0 Å². The Morgan fingerprint density at radius 3 is 0.609 bits per heavy atom. The van der Waals surface area contributed by atoms with Gasteiger partial charge in [0.2, 0.25) is 0 Å². The zero-order valence-electron chi connectivity index (χ0n) is 14.9. The van der Waals surface area contributed by atoms with E-state index in [1.165, 1.54) is 97.1 Å². The van der Waals surface area contributed by atoms with Crippen LogP contribution in [-0.4, -0.2) is 75.1 Å². The van der Waals surface area contributed by atoms with Gasteiger partial charge >= 0.3 is 0 Å². The molecule has 0 saturated carbocycles. The van der Waals surface area contributed by atoms with Crippen LogP contribution in [0.2, 0.25) is 0 Å². The van der Waals surface area contributed by atoms with Gasteiger partial charge in [-0.05, 0) is 98.9 Å². The summed E-state index contributed by atoms with van der Waals surface area (Å²) in [6.45, 7) is 7.92. The fourth-order valence-corrected chi connectivity index (χ4v) is 3.16. The van der Waals surface area contributed by atoms with Crippen LogP contribution in [-0.2, 0) is 0 Å². The second kappa shape index (κ2) is 16.7. The molecule has 142 valence electrons. The van der Waals surface area contributed by atoms with Gasteiger partial charge < -0.3 is 14.7 Å². The quantitative estimate of drug-likeness (QED) is 0.644. The standard InChI is InChI=1S/3C6H13N.2CH4/c3*1-7-5-3-2-4-6-7;;/h3*2-6H2,1H3;2*1H4. The molecule has 3 heteroatoms. The Morgan fingerprint density at radius 2 is 0.522 bits per heavy atom. The molecule has 0 aliphatic carbocycles. The minimum Gasteiger partial charge on any atom is -0.306 e. The molecule has 3 aliphatic rings. The lowest BCUT2D eigenvalue weighted by molar-refractivity contribution is 0.277. The van der Waals surface area contributed by atoms with Crippen LogP contribution in [0.5, 0.6) is 0 Å². The molecule has 3 heterocycles. The van der Waals surface area contributed by atoms with Gasteiger partial charge in [-0.15, -0.1) is 0 Å². The lowest BCUT2D eigenvalue weighted by Crippen LogP contribution is -2.24. The Hall–Kier alpha value is -0.120. The predicted octanol–water partition coefficient (Wildman–Crippen LogP) is 4.58. The number of likely N-dealkylation sites (tertiary alicyclic amines) is 3. The number of hydrogen-bond donors (Lipinski definition) is 0. The van der Waals surface area contributed by atoms with Crippen LogP contribution in [0.15, 0.2) is 0 Å². The molecule has 3 fully saturated rings. The van der Waals surface area contributed by atoms with Gasteiger partial charge in [0.15, 0.2) is 0 Å². The summed E-state index contributed by atoms with van der Waals surface area (Å²) in [6, 6.07) is 0. The molecule has 0 bridgehead atoms. The van der Waals surface area contributed by atoms with Crippen molar-refractivity contribution in [3.8, 4) is 0 Å². The summed E-state index contributed by atoms with van der Waals surface area (Å²) in [4.78, 5) is 7.18. The lowest BCUT2D eigenvalue weighted by atomic mass is 10.1. The molecule has 0 atom stereocenters. The summed E-state index contributed by atoms with van der Waals surface area (Å²) in [5.41, 5.74) is 0. The molecule has 0 spiro atoms. The fourth-order valence-electron chi connectivity index (χ4n) is 3.16. The summed E-state index contributed by atoms with van der Waals surface area (Å²) in [6.07, 6.45) is 12.8. The topological polar surface area (TPSA) is 9.72 Å². The third kappa shape index (κ3) is 15.2. The molecule has 3 nitrogen and oxygen atoms in total. The van der Waals surface area contributed by atoms with Crippen LogP contribution < -0.4 is 0 Å². The minimum absolute atomic E-state index is 0. The highest BCUT2D eigenvalue weighted by molar-refractivity contribution is 4.59. The first kappa shape index (κ1) is 25.1. The first-order valence-corrected chi connectivity index (χ1v) is 9.24. The second-order valence-corrected chi connectivity index (χ2v) is 7.09. The van der Waals surface area contributed by atoms with Crippen molar-refractivity contribution in [2.24, 2.45) is 0 Å². The maximum absolute atomic E-state index is 2.39. The van der Waals surface area contributed by atoms with E-state index in [1.807, 2.05) is 0 Å². The van der Waals surface area contributed by atoms with Crippen molar-refractivity contribution in [3.63, 3.8) is 0 Å². The van der Waals surface area contributed by atoms with Crippen molar-refractivity contribution in [1.29, 1.82) is 0 Å². The molecule has 0 radical (unpaired) electrons. The van der Waals surface area contributed by atoms with Crippen LogP contribution >= 0.6 is 0 Å².